The van der Waals surface area contributed by atoms with E-state index in [0.29, 0.717) is 24.3 Å². The van der Waals surface area contributed by atoms with E-state index in [1.165, 1.54) is 0 Å². The van der Waals surface area contributed by atoms with Gasteiger partial charge in [-0.05, 0) is 26.0 Å². The van der Waals surface area contributed by atoms with Crippen molar-refractivity contribution in [2.24, 2.45) is 0 Å². The zero-order valence-corrected chi connectivity index (χ0v) is 11.2. The first-order chi connectivity index (χ1) is 9.08. The van der Waals surface area contributed by atoms with Gasteiger partial charge < -0.3 is 15.6 Å². The van der Waals surface area contributed by atoms with Crippen LogP contribution < -0.4 is 11.1 Å². The number of imidazole rings is 1. The minimum Gasteiger partial charge on any atom is -0.397 e. The van der Waals surface area contributed by atoms with E-state index in [0.717, 1.165) is 11.4 Å². The van der Waals surface area contributed by atoms with E-state index in [1.807, 2.05) is 30.5 Å². The summed E-state index contributed by atoms with van der Waals surface area (Å²) in [7, 11) is 0. The van der Waals surface area contributed by atoms with Gasteiger partial charge in [0.2, 0.25) is 5.91 Å². The summed E-state index contributed by atoms with van der Waals surface area (Å²) in [5, 5.41) is 2.81. The monoisotopic (exact) mass is 258 g/mol. The highest BCUT2D eigenvalue weighted by atomic mass is 16.1. The van der Waals surface area contributed by atoms with E-state index in [4.69, 9.17) is 5.73 Å². The number of para-hydroxylation sites is 2. The lowest BCUT2D eigenvalue weighted by atomic mass is 10.2. The molecule has 5 heteroatoms. The van der Waals surface area contributed by atoms with Gasteiger partial charge in [-0.1, -0.05) is 12.1 Å². The second-order valence-electron chi connectivity index (χ2n) is 4.49. The third kappa shape index (κ3) is 3.13. The Morgan fingerprint density at radius 1 is 1.37 bits per heavy atom. The third-order valence-corrected chi connectivity index (χ3v) is 3.16. The Balaban J connectivity index is 1.92. The molecule has 100 valence electrons. The summed E-state index contributed by atoms with van der Waals surface area (Å²) in [4.78, 5) is 16.1. The van der Waals surface area contributed by atoms with Gasteiger partial charge in [0.25, 0.3) is 0 Å². The van der Waals surface area contributed by atoms with Gasteiger partial charge in [-0.15, -0.1) is 0 Å². The fraction of sp³-hybridized carbons (Fsp3) is 0.286. The van der Waals surface area contributed by atoms with E-state index in [1.54, 1.807) is 18.5 Å². The molecule has 0 unspecified atom stereocenters. The Bertz CT molecular complexity index is 589. The maximum Gasteiger partial charge on any atom is 0.226 e. The van der Waals surface area contributed by atoms with Crippen LogP contribution in [0.4, 0.5) is 11.4 Å². The zero-order chi connectivity index (χ0) is 13.8. The second-order valence-corrected chi connectivity index (χ2v) is 4.49. The Kier molecular flexibility index (Phi) is 3.85. The number of rotatable bonds is 4. The predicted octanol–water partition coefficient (Wildman–Crippen LogP) is 2.11. The summed E-state index contributed by atoms with van der Waals surface area (Å²) in [5.74, 6) is -0.0522. The number of benzene rings is 1. The highest BCUT2D eigenvalue weighted by molar-refractivity contribution is 5.93. The molecule has 0 saturated heterocycles. The number of amides is 1. The van der Waals surface area contributed by atoms with Crippen LogP contribution in [0, 0.1) is 13.8 Å². The summed E-state index contributed by atoms with van der Waals surface area (Å²) >= 11 is 0. The van der Waals surface area contributed by atoms with Crippen molar-refractivity contribution in [1.29, 1.82) is 0 Å². The molecule has 1 aromatic carbocycles. The van der Waals surface area contributed by atoms with Gasteiger partial charge in [-0.3, -0.25) is 4.79 Å². The number of nitrogens with zero attached hydrogens (tertiary/aromatic N) is 2. The van der Waals surface area contributed by atoms with Crippen LogP contribution in [0.15, 0.2) is 30.6 Å². The van der Waals surface area contributed by atoms with Crippen LogP contribution in [0.25, 0.3) is 0 Å². The maximum atomic E-state index is 11.9. The van der Waals surface area contributed by atoms with E-state index in [9.17, 15) is 4.79 Å². The largest absolute Gasteiger partial charge is 0.397 e. The van der Waals surface area contributed by atoms with Crippen molar-refractivity contribution < 1.29 is 4.79 Å². The van der Waals surface area contributed by atoms with Crippen LogP contribution in [-0.2, 0) is 11.3 Å². The molecule has 1 heterocycles. The van der Waals surface area contributed by atoms with E-state index >= 15 is 0 Å². The topological polar surface area (TPSA) is 72.9 Å². The molecule has 0 fully saturated rings. The van der Waals surface area contributed by atoms with Crippen LogP contribution in [0.2, 0.25) is 0 Å². The molecule has 0 aliphatic carbocycles. The van der Waals surface area contributed by atoms with Gasteiger partial charge in [-0.25, -0.2) is 4.98 Å². The SMILES string of the molecule is Cc1ncn(CCC(=O)Nc2ccccc2N)c1C. The van der Waals surface area contributed by atoms with Crippen LogP contribution in [-0.4, -0.2) is 15.5 Å². The first kappa shape index (κ1) is 13.1. The lowest BCUT2D eigenvalue weighted by molar-refractivity contribution is -0.116. The molecule has 0 aliphatic heterocycles. The van der Waals surface area contributed by atoms with Crippen LogP contribution in [0.5, 0.6) is 0 Å². The molecule has 0 radical (unpaired) electrons. The summed E-state index contributed by atoms with van der Waals surface area (Å²) in [6, 6.07) is 7.23. The molecule has 2 rings (SSSR count). The normalized spacial score (nSPS) is 10.4. The van der Waals surface area contributed by atoms with E-state index < -0.39 is 0 Å². The molecule has 0 bridgehead atoms. The first-order valence-electron chi connectivity index (χ1n) is 6.20. The molecule has 19 heavy (non-hydrogen) atoms. The zero-order valence-electron chi connectivity index (χ0n) is 11.2. The van der Waals surface area contributed by atoms with Crippen molar-refractivity contribution in [2.45, 2.75) is 26.8 Å². The number of carbonyl (C=O) groups excluding carboxylic acids is 1. The van der Waals surface area contributed by atoms with Gasteiger partial charge in [0.15, 0.2) is 0 Å². The average Bonchev–Trinajstić information content (AvgIpc) is 2.70. The lowest BCUT2D eigenvalue weighted by Crippen LogP contribution is -2.15. The van der Waals surface area contributed by atoms with Gasteiger partial charge in [0.05, 0.1) is 23.4 Å². The fourth-order valence-electron chi connectivity index (χ4n) is 1.82. The van der Waals surface area contributed by atoms with E-state index in [2.05, 4.69) is 10.3 Å². The summed E-state index contributed by atoms with van der Waals surface area (Å²) < 4.78 is 1.98. The summed E-state index contributed by atoms with van der Waals surface area (Å²) in [5.41, 5.74) is 9.09. The van der Waals surface area contributed by atoms with Crippen LogP contribution >= 0.6 is 0 Å². The number of hydrogen-bond donors (Lipinski definition) is 2. The standard InChI is InChI=1S/C14H18N4O/c1-10-11(2)18(9-16-10)8-7-14(19)17-13-6-4-3-5-12(13)15/h3-6,9H,7-8,15H2,1-2H3,(H,17,19). The number of nitrogens with two attached hydrogens (primary N) is 1. The minimum atomic E-state index is -0.0522. The minimum absolute atomic E-state index is 0.0522. The van der Waals surface area contributed by atoms with Crippen molar-refractivity contribution in [3.8, 4) is 0 Å². The molecule has 0 saturated carbocycles. The Labute approximate surface area is 112 Å². The van der Waals surface area contributed by atoms with Crippen molar-refractivity contribution in [3.63, 3.8) is 0 Å². The Morgan fingerprint density at radius 3 is 2.74 bits per heavy atom. The van der Waals surface area contributed by atoms with E-state index in [-0.39, 0.29) is 5.91 Å². The van der Waals surface area contributed by atoms with Gasteiger partial charge >= 0.3 is 0 Å². The molecule has 1 amide bonds. The van der Waals surface area contributed by atoms with Gasteiger partial charge in [-0.2, -0.15) is 0 Å². The number of nitrogen functional groups attached to an aromatic ring is 1. The van der Waals surface area contributed by atoms with Crippen molar-refractivity contribution >= 4 is 17.3 Å². The number of aryl methyl sites for hydroxylation is 2. The Hall–Kier alpha value is -2.30. The summed E-state index contributed by atoms with van der Waals surface area (Å²) in [6.07, 6.45) is 2.15. The molecule has 3 N–H and O–H groups in total. The molecule has 2 aromatic rings. The number of hydrogen-bond acceptors (Lipinski definition) is 3. The van der Waals surface area contributed by atoms with Crippen LogP contribution in [0.3, 0.4) is 0 Å². The number of carbonyl (C=O) groups is 1. The summed E-state index contributed by atoms with van der Waals surface area (Å²) in [6.45, 7) is 4.57. The second kappa shape index (κ2) is 5.56. The molecule has 5 nitrogen and oxygen atoms in total. The highest BCUT2D eigenvalue weighted by Gasteiger charge is 2.07. The quantitative estimate of drug-likeness (QED) is 0.825. The molecule has 1 aromatic heterocycles. The van der Waals surface area contributed by atoms with Gasteiger partial charge in [0, 0.05) is 18.7 Å². The molecule has 0 spiro atoms. The van der Waals surface area contributed by atoms with Crippen molar-refractivity contribution in [1.82, 2.24) is 9.55 Å². The number of anilines is 2. The Morgan fingerprint density at radius 2 is 2.11 bits per heavy atom. The van der Waals surface area contributed by atoms with Crippen LogP contribution in [0.1, 0.15) is 17.8 Å². The number of nitrogens with one attached hydrogen (secondary N) is 1. The maximum absolute atomic E-state index is 11.9. The molecular weight excluding hydrogens is 240 g/mol. The molecular formula is C14H18N4O. The first-order valence-corrected chi connectivity index (χ1v) is 6.20. The predicted molar refractivity (Wildman–Crippen MR) is 75.8 cm³/mol. The average molecular weight is 258 g/mol. The smallest absolute Gasteiger partial charge is 0.226 e. The lowest BCUT2D eigenvalue weighted by Gasteiger charge is -2.09. The highest BCUT2D eigenvalue weighted by Crippen LogP contribution is 2.17. The van der Waals surface area contributed by atoms with Crippen molar-refractivity contribution in [2.75, 3.05) is 11.1 Å². The van der Waals surface area contributed by atoms with Gasteiger partial charge in [0.1, 0.15) is 0 Å². The third-order valence-electron chi connectivity index (χ3n) is 3.16. The number of aromatic nitrogens is 2. The molecule has 0 atom stereocenters. The molecule has 0 aliphatic rings. The van der Waals surface area contributed by atoms with Crippen molar-refractivity contribution in [3.05, 3.63) is 42.0 Å². The fourth-order valence-corrected chi connectivity index (χ4v) is 1.82.